The Balaban J connectivity index is 1.61. The van der Waals surface area contributed by atoms with Gasteiger partial charge < -0.3 is 9.42 Å². The molecule has 0 fully saturated rings. The Labute approximate surface area is 146 Å². The monoisotopic (exact) mass is 358 g/mol. The summed E-state index contributed by atoms with van der Waals surface area (Å²) in [5.41, 5.74) is 0.0554. The number of carbonyl (C=O) groups is 1. The number of fused-ring (bicyclic) bond motifs is 1. The van der Waals surface area contributed by atoms with Crippen LogP contribution in [0.25, 0.3) is 11.4 Å². The first kappa shape index (κ1) is 16.2. The van der Waals surface area contributed by atoms with Gasteiger partial charge in [0.05, 0.1) is 0 Å². The third kappa shape index (κ3) is 2.68. The Morgan fingerprint density at radius 2 is 2.12 bits per heavy atom. The molecule has 3 aromatic rings. The zero-order valence-electron chi connectivity index (χ0n) is 13.9. The van der Waals surface area contributed by atoms with Gasteiger partial charge in [-0.05, 0) is 19.1 Å². The summed E-state index contributed by atoms with van der Waals surface area (Å²) in [7, 11) is 0. The highest BCUT2D eigenvalue weighted by Crippen LogP contribution is 2.17. The van der Waals surface area contributed by atoms with Gasteiger partial charge in [-0.15, -0.1) is 5.10 Å². The van der Waals surface area contributed by atoms with Crippen molar-refractivity contribution in [2.45, 2.75) is 20.0 Å². The molecule has 0 bridgehead atoms. The summed E-state index contributed by atoms with van der Waals surface area (Å²) in [5.74, 6) is -0.231. The van der Waals surface area contributed by atoms with E-state index in [1.165, 1.54) is 16.7 Å². The molecule has 4 rings (SSSR count). The van der Waals surface area contributed by atoms with Crippen molar-refractivity contribution < 1.29 is 13.7 Å². The Bertz CT molecular complexity index is 1040. The van der Waals surface area contributed by atoms with Gasteiger partial charge in [-0.1, -0.05) is 17.3 Å². The van der Waals surface area contributed by atoms with Crippen LogP contribution in [0.1, 0.15) is 23.4 Å². The fourth-order valence-electron chi connectivity index (χ4n) is 2.86. The van der Waals surface area contributed by atoms with E-state index in [9.17, 15) is 14.0 Å². The Morgan fingerprint density at radius 1 is 1.27 bits per heavy atom. The van der Waals surface area contributed by atoms with Gasteiger partial charge in [0.2, 0.25) is 17.5 Å². The lowest BCUT2D eigenvalue weighted by atomic mass is 10.2. The molecule has 1 amide bonds. The number of aromatic nitrogens is 5. The predicted molar refractivity (Wildman–Crippen MR) is 86.9 cm³/mol. The molecule has 0 spiro atoms. The first-order valence-electron chi connectivity index (χ1n) is 8.12. The second-order valence-corrected chi connectivity index (χ2v) is 5.82. The maximum Gasteiger partial charge on any atom is 0.346 e. The summed E-state index contributed by atoms with van der Waals surface area (Å²) >= 11 is 0. The zero-order valence-corrected chi connectivity index (χ0v) is 13.9. The summed E-state index contributed by atoms with van der Waals surface area (Å²) in [6, 6.07) is 5.79. The first-order chi connectivity index (χ1) is 12.6. The highest BCUT2D eigenvalue weighted by Gasteiger charge is 2.29. The van der Waals surface area contributed by atoms with Crippen LogP contribution in [0, 0.1) is 5.82 Å². The van der Waals surface area contributed by atoms with Crippen molar-refractivity contribution in [2.75, 3.05) is 13.1 Å². The fraction of sp³-hybridized carbons (Fsp3) is 0.312. The molecule has 10 heteroatoms. The molecule has 0 radical (unpaired) electrons. The molecule has 0 saturated carbocycles. The van der Waals surface area contributed by atoms with E-state index in [0.29, 0.717) is 25.2 Å². The number of likely N-dealkylation sites (N-methyl/N-ethyl adjacent to an activating group) is 1. The molecule has 0 aliphatic carbocycles. The van der Waals surface area contributed by atoms with Gasteiger partial charge in [0, 0.05) is 25.2 Å². The second kappa shape index (κ2) is 6.21. The lowest BCUT2D eigenvalue weighted by Crippen LogP contribution is -2.42. The summed E-state index contributed by atoms with van der Waals surface area (Å²) in [6.45, 7) is 3.22. The largest absolute Gasteiger partial charge is 0.346 e. The van der Waals surface area contributed by atoms with Crippen LogP contribution in [0.2, 0.25) is 0 Å². The average molecular weight is 358 g/mol. The van der Waals surface area contributed by atoms with Crippen LogP contribution in [0.4, 0.5) is 4.39 Å². The minimum Gasteiger partial charge on any atom is -0.337 e. The van der Waals surface area contributed by atoms with Gasteiger partial charge in [0.25, 0.3) is 5.91 Å². The molecule has 0 atom stereocenters. The van der Waals surface area contributed by atoms with Crippen molar-refractivity contribution in [2.24, 2.45) is 0 Å². The summed E-state index contributed by atoms with van der Waals surface area (Å²) in [6.07, 6.45) is 0. The third-order valence-corrected chi connectivity index (χ3v) is 4.21. The van der Waals surface area contributed by atoms with E-state index < -0.39 is 11.5 Å². The topological polar surface area (TPSA) is 99.0 Å². The normalized spacial score (nSPS) is 13.9. The lowest BCUT2D eigenvalue weighted by Gasteiger charge is -2.24. The molecule has 1 aliphatic heterocycles. The Kier molecular flexibility index (Phi) is 3.86. The molecular formula is C16H15FN6O3. The van der Waals surface area contributed by atoms with E-state index in [1.807, 2.05) is 6.92 Å². The van der Waals surface area contributed by atoms with Crippen molar-refractivity contribution in [3.8, 4) is 11.4 Å². The van der Waals surface area contributed by atoms with Crippen LogP contribution in [0.15, 0.2) is 33.6 Å². The molecule has 0 unspecified atom stereocenters. The van der Waals surface area contributed by atoms with E-state index in [-0.39, 0.29) is 30.0 Å². The van der Waals surface area contributed by atoms with Crippen LogP contribution >= 0.6 is 0 Å². The van der Waals surface area contributed by atoms with Gasteiger partial charge in [0.15, 0.2) is 0 Å². The minimum atomic E-state index is -0.411. The van der Waals surface area contributed by atoms with E-state index in [4.69, 9.17) is 4.52 Å². The minimum absolute atomic E-state index is 0.0689. The number of rotatable bonds is 4. The standard InChI is InChI=1S/C16H15FN6O3/c1-2-21-6-7-22-14(15(21)24)19-23(16(22)25)9-12-18-13(20-26-12)10-4-3-5-11(17)8-10/h3-5,8H,2,6-7,9H2,1H3. The molecule has 0 N–H and O–H groups in total. The fourth-order valence-corrected chi connectivity index (χ4v) is 2.86. The number of hydrogen-bond donors (Lipinski definition) is 0. The molecular weight excluding hydrogens is 343 g/mol. The number of halogens is 1. The van der Waals surface area contributed by atoms with E-state index in [0.717, 1.165) is 4.68 Å². The van der Waals surface area contributed by atoms with Crippen molar-refractivity contribution in [3.63, 3.8) is 0 Å². The van der Waals surface area contributed by atoms with Gasteiger partial charge in [-0.2, -0.15) is 4.98 Å². The van der Waals surface area contributed by atoms with E-state index >= 15 is 0 Å². The van der Waals surface area contributed by atoms with E-state index in [2.05, 4.69) is 15.2 Å². The van der Waals surface area contributed by atoms with Crippen LogP contribution in [-0.2, 0) is 13.1 Å². The molecule has 26 heavy (non-hydrogen) atoms. The van der Waals surface area contributed by atoms with Crippen molar-refractivity contribution in [1.82, 2.24) is 29.4 Å². The molecule has 134 valence electrons. The van der Waals surface area contributed by atoms with Crippen LogP contribution in [-0.4, -0.2) is 48.4 Å². The summed E-state index contributed by atoms with van der Waals surface area (Å²) in [4.78, 5) is 30.5. The first-order valence-corrected chi connectivity index (χ1v) is 8.12. The number of hydrogen-bond acceptors (Lipinski definition) is 6. The Hall–Kier alpha value is -3.30. The smallest absolute Gasteiger partial charge is 0.337 e. The third-order valence-electron chi connectivity index (χ3n) is 4.21. The number of benzene rings is 1. The predicted octanol–water partition coefficient (Wildman–Crippen LogP) is 0.758. The Morgan fingerprint density at radius 3 is 2.88 bits per heavy atom. The van der Waals surface area contributed by atoms with Crippen molar-refractivity contribution >= 4 is 5.91 Å². The molecule has 1 aromatic carbocycles. The molecule has 3 heterocycles. The highest BCUT2D eigenvalue weighted by molar-refractivity contribution is 5.91. The number of amides is 1. The van der Waals surface area contributed by atoms with Crippen LogP contribution < -0.4 is 5.69 Å². The number of carbonyl (C=O) groups excluding carboxylic acids is 1. The van der Waals surface area contributed by atoms with Gasteiger partial charge >= 0.3 is 5.69 Å². The lowest BCUT2D eigenvalue weighted by molar-refractivity contribution is 0.0705. The average Bonchev–Trinajstić information content (AvgIpc) is 3.22. The second-order valence-electron chi connectivity index (χ2n) is 5.82. The maximum absolute atomic E-state index is 13.3. The zero-order chi connectivity index (χ0) is 18.3. The number of nitrogens with zero attached hydrogens (tertiary/aromatic N) is 6. The van der Waals surface area contributed by atoms with Gasteiger partial charge in [-0.25, -0.2) is 13.9 Å². The quantitative estimate of drug-likeness (QED) is 0.683. The van der Waals surface area contributed by atoms with E-state index in [1.54, 1.807) is 17.0 Å². The van der Waals surface area contributed by atoms with Crippen LogP contribution in [0.5, 0.6) is 0 Å². The van der Waals surface area contributed by atoms with Gasteiger partial charge in [-0.3, -0.25) is 9.36 Å². The summed E-state index contributed by atoms with van der Waals surface area (Å²) < 4.78 is 20.9. The molecule has 2 aromatic heterocycles. The SMILES string of the molecule is CCN1CCn2c(nn(Cc3nc(-c4cccc(F)c4)no3)c2=O)C1=O. The molecule has 1 aliphatic rings. The van der Waals surface area contributed by atoms with Crippen molar-refractivity contribution in [3.05, 3.63) is 52.3 Å². The van der Waals surface area contributed by atoms with Gasteiger partial charge in [0.1, 0.15) is 12.4 Å². The van der Waals surface area contributed by atoms with Crippen molar-refractivity contribution in [1.29, 1.82) is 0 Å². The van der Waals surface area contributed by atoms with Crippen LogP contribution in [0.3, 0.4) is 0 Å². The highest BCUT2D eigenvalue weighted by atomic mass is 19.1. The summed E-state index contributed by atoms with van der Waals surface area (Å²) in [5, 5.41) is 7.91. The molecule has 9 nitrogen and oxygen atoms in total. The molecule has 0 saturated heterocycles. The maximum atomic E-state index is 13.3.